The molecule has 2 heterocycles. The molecule has 37 heavy (non-hydrogen) atoms. The van der Waals surface area contributed by atoms with Crippen LogP contribution in [0.5, 0.6) is 5.75 Å². The number of rotatable bonds is 6. The number of imidazole rings is 1. The predicted molar refractivity (Wildman–Crippen MR) is 147 cm³/mol. The highest BCUT2D eigenvalue weighted by molar-refractivity contribution is 7.84. The van der Waals surface area contributed by atoms with Gasteiger partial charge in [-0.3, -0.25) is 9.00 Å². The molecule has 1 amide bonds. The normalized spacial score (nSPS) is 14.2. The molecule has 3 aromatic carbocycles. The Hall–Kier alpha value is -3.49. The highest BCUT2D eigenvalue weighted by Crippen LogP contribution is 2.31. The third-order valence-corrected chi connectivity index (χ3v) is 7.91. The van der Waals surface area contributed by atoms with Gasteiger partial charge in [0.2, 0.25) is 0 Å². The van der Waals surface area contributed by atoms with Gasteiger partial charge in [0.25, 0.3) is 5.91 Å². The molecule has 5 rings (SSSR count). The molecular formula is C29H32N4O3S. The molecule has 0 saturated carbocycles. The Balaban J connectivity index is 1.45. The van der Waals surface area contributed by atoms with Crippen molar-refractivity contribution < 1.29 is 13.7 Å². The van der Waals surface area contributed by atoms with Crippen LogP contribution < -0.4 is 10.1 Å². The Morgan fingerprint density at radius 3 is 2.65 bits per heavy atom. The fraction of sp³-hybridized carbons (Fsp3) is 0.310. The summed E-state index contributed by atoms with van der Waals surface area (Å²) in [7, 11) is 2.87. The van der Waals surface area contributed by atoms with Crippen molar-refractivity contribution in [3.63, 3.8) is 0 Å². The molecule has 0 fully saturated rings. The van der Waals surface area contributed by atoms with Gasteiger partial charge in [-0.05, 0) is 72.6 Å². The second kappa shape index (κ2) is 10.5. The average Bonchev–Trinajstić information content (AvgIpc) is 3.08. The summed E-state index contributed by atoms with van der Waals surface area (Å²) in [5.74, 6) is 1.77. The summed E-state index contributed by atoms with van der Waals surface area (Å²) in [6, 6.07) is 18.0. The Kier molecular flexibility index (Phi) is 7.13. The lowest BCUT2D eigenvalue weighted by atomic mass is 10.0. The molecule has 8 heteroatoms. The number of aryl methyl sites for hydroxylation is 2. The van der Waals surface area contributed by atoms with Crippen molar-refractivity contribution in [2.75, 3.05) is 26.5 Å². The van der Waals surface area contributed by atoms with Crippen molar-refractivity contribution in [1.29, 1.82) is 0 Å². The van der Waals surface area contributed by atoms with Crippen LogP contribution in [0.4, 0.5) is 0 Å². The molecule has 1 aliphatic rings. The lowest BCUT2D eigenvalue weighted by Crippen LogP contribution is -2.33. The SMILES string of the molecule is CCc1cc(S(C)=O)ccc1C(=O)N1CCOc2ccc(-c3ccc4c(c3)nc(CNC)n4C)cc2C1. The molecule has 1 aliphatic heterocycles. The number of fused-ring (bicyclic) bond motifs is 2. The first-order chi connectivity index (χ1) is 17.9. The van der Waals surface area contributed by atoms with Crippen molar-refractivity contribution in [1.82, 2.24) is 19.8 Å². The molecule has 1 unspecified atom stereocenters. The summed E-state index contributed by atoms with van der Waals surface area (Å²) in [6.07, 6.45) is 2.35. The zero-order valence-electron chi connectivity index (χ0n) is 21.7. The first-order valence-corrected chi connectivity index (χ1v) is 14.1. The smallest absolute Gasteiger partial charge is 0.254 e. The molecule has 1 atom stereocenters. The quantitative estimate of drug-likeness (QED) is 0.414. The highest BCUT2D eigenvalue weighted by Gasteiger charge is 2.23. The number of nitrogens with one attached hydrogen (secondary N) is 1. The number of carbonyl (C=O) groups is 1. The second-order valence-corrected chi connectivity index (χ2v) is 10.7. The van der Waals surface area contributed by atoms with Crippen molar-refractivity contribution in [2.24, 2.45) is 7.05 Å². The van der Waals surface area contributed by atoms with Gasteiger partial charge in [-0.2, -0.15) is 0 Å². The minimum atomic E-state index is -1.08. The van der Waals surface area contributed by atoms with Gasteiger partial charge in [-0.1, -0.05) is 19.1 Å². The summed E-state index contributed by atoms with van der Waals surface area (Å²) in [6.45, 7) is 4.12. The van der Waals surface area contributed by atoms with Gasteiger partial charge in [0, 0.05) is 46.7 Å². The monoisotopic (exact) mass is 516 g/mol. The molecule has 1 N–H and O–H groups in total. The van der Waals surface area contributed by atoms with Crippen LogP contribution in [0, 0.1) is 0 Å². The summed E-state index contributed by atoms with van der Waals surface area (Å²) < 4.78 is 20.1. The molecule has 0 bridgehead atoms. The van der Waals surface area contributed by atoms with Gasteiger partial charge >= 0.3 is 0 Å². The predicted octanol–water partition coefficient (Wildman–Crippen LogP) is 4.29. The maximum absolute atomic E-state index is 13.6. The molecule has 0 radical (unpaired) electrons. The summed E-state index contributed by atoms with van der Waals surface area (Å²) in [5.41, 5.74) is 6.73. The molecule has 0 saturated heterocycles. The Bertz CT molecular complexity index is 1510. The molecule has 192 valence electrons. The fourth-order valence-corrected chi connectivity index (χ4v) is 5.48. The number of benzene rings is 3. The first kappa shape index (κ1) is 25.2. The molecule has 0 spiro atoms. The van der Waals surface area contributed by atoms with Crippen LogP contribution >= 0.6 is 0 Å². The minimum Gasteiger partial charge on any atom is -0.491 e. The summed E-state index contributed by atoms with van der Waals surface area (Å²) >= 11 is 0. The van der Waals surface area contributed by atoms with Gasteiger partial charge in [0.15, 0.2) is 0 Å². The van der Waals surface area contributed by atoms with Crippen LogP contribution in [0.15, 0.2) is 59.5 Å². The van der Waals surface area contributed by atoms with Crippen molar-refractivity contribution >= 4 is 27.7 Å². The topological polar surface area (TPSA) is 76.5 Å². The van der Waals surface area contributed by atoms with Gasteiger partial charge in [0.05, 0.1) is 24.1 Å². The maximum Gasteiger partial charge on any atom is 0.254 e. The standard InChI is InChI=1S/C29H32N4O3S/c1-5-19-15-23(37(4)35)8-9-24(19)29(34)33-12-13-36-27-11-7-20(14-22(27)18-33)21-6-10-26-25(16-21)31-28(17-30-2)32(26)3/h6-11,14-16,30H,5,12-13,17-18H2,1-4H3. The van der Waals surface area contributed by atoms with Gasteiger partial charge in [-0.25, -0.2) is 4.98 Å². The fourth-order valence-electron chi connectivity index (χ4n) is 4.91. The van der Waals surface area contributed by atoms with E-state index in [-0.39, 0.29) is 5.91 Å². The zero-order chi connectivity index (χ0) is 26.1. The van der Waals surface area contributed by atoms with Crippen LogP contribution in [0.25, 0.3) is 22.2 Å². The van der Waals surface area contributed by atoms with Crippen LogP contribution in [-0.2, 0) is 37.4 Å². The van der Waals surface area contributed by atoms with Gasteiger partial charge in [0.1, 0.15) is 18.2 Å². The maximum atomic E-state index is 13.6. The average molecular weight is 517 g/mol. The molecule has 0 aliphatic carbocycles. The Morgan fingerprint density at radius 2 is 1.89 bits per heavy atom. The Labute approximate surface area is 219 Å². The van der Waals surface area contributed by atoms with Crippen LogP contribution in [0.2, 0.25) is 0 Å². The van der Waals surface area contributed by atoms with E-state index in [1.54, 1.807) is 12.3 Å². The Morgan fingerprint density at radius 1 is 1.11 bits per heavy atom. The van der Waals surface area contributed by atoms with Crippen LogP contribution in [0.1, 0.15) is 34.2 Å². The van der Waals surface area contributed by atoms with E-state index in [0.29, 0.717) is 38.2 Å². The lowest BCUT2D eigenvalue weighted by Gasteiger charge is -2.22. The highest BCUT2D eigenvalue weighted by atomic mass is 32.2. The third kappa shape index (κ3) is 4.91. The summed E-state index contributed by atoms with van der Waals surface area (Å²) in [4.78, 5) is 21.0. The van der Waals surface area contributed by atoms with Crippen LogP contribution in [-0.4, -0.2) is 51.0 Å². The number of aromatic nitrogens is 2. The van der Waals surface area contributed by atoms with E-state index in [4.69, 9.17) is 9.72 Å². The second-order valence-electron chi connectivity index (χ2n) is 9.35. The lowest BCUT2D eigenvalue weighted by molar-refractivity contribution is 0.0732. The van der Waals surface area contributed by atoms with E-state index in [1.165, 1.54) is 0 Å². The van der Waals surface area contributed by atoms with Crippen molar-refractivity contribution in [2.45, 2.75) is 31.3 Å². The van der Waals surface area contributed by atoms with Crippen molar-refractivity contribution in [3.8, 4) is 16.9 Å². The zero-order valence-corrected chi connectivity index (χ0v) is 22.5. The van der Waals surface area contributed by atoms with E-state index >= 15 is 0 Å². The van der Waals surface area contributed by atoms with E-state index < -0.39 is 10.8 Å². The summed E-state index contributed by atoms with van der Waals surface area (Å²) in [5, 5.41) is 3.17. The van der Waals surface area contributed by atoms with E-state index in [2.05, 4.69) is 40.2 Å². The van der Waals surface area contributed by atoms with Gasteiger partial charge in [-0.15, -0.1) is 0 Å². The van der Waals surface area contributed by atoms with E-state index in [0.717, 1.165) is 49.8 Å². The number of nitrogens with zero attached hydrogens (tertiary/aromatic N) is 3. The van der Waals surface area contributed by atoms with E-state index in [9.17, 15) is 9.00 Å². The molecule has 4 aromatic rings. The molecular weight excluding hydrogens is 484 g/mol. The third-order valence-electron chi connectivity index (χ3n) is 6.99. The number of amides is 1. The van der Waals surface area contributed by atoms with Crippen molar-refractivity contribution in [3.05, 3.63) is 77.1 Å². The first-order valence-electron chi connectivity index (χ1n) is 12.5. The van der Waals surface area contributed by atoms with Crippen LogP contribution in [0.3, 0.4) is 0 Å². The van der Waals surface area contributed by atoms with E-state index in [1.807, 2.05) is 44.1 Å². The number of carbonyl (C=O) groups excluding carboxylic acids is 1. The largest absolute Gasteiger partial charge is 0.491 e. The number of hydrogen-bond donors (Lipinski definition) is 1. The molecule has 1 aromatic heterocycles. The van der Waals surface area contributed by atoms with Gasteiger partial charge < -0.3 is 19.5 Å². The molecule has 7 nitrogen and oxygen atoms in total. The minimum absolute atomic E-state index is 0.0286. The number of ether oxygens (including phenoxy) is 1. The number of hydrogen-bond acceptors (Lipinski definition) is 5.